The van der Waals surface area contributed by atoms with Crippen molar-refractivity contribution in [3.8, 4) is 17.0 Å². The van der Waals surface area contributed by atoms with E-state index >= 15 is 0 Å². The van der Waals surface area contributed by atoms with Crippen LogP contribution >= 0.6 is 0 Å². The van der Waals surface area contributed by atoms with Gasteiger partial charge in [-0.1, -0.05) is 24.3 Å². The van der Waals surface area contributed by atoms with E-state index in [9.17, 15) is 4.79 Å². The van der Waals surface area contributed by atoms with Gasteiger partial charge in [-0.2, -0.15) is 9.61 Å². The lowest BCUT2D eigenvalue weighted by atomic mass is 10.1. The smallest absolute Gasteiger partial charge is 0.265 e. The summed E-state index contributed by atoms with van der Waals surface area (Å²) in [6.45, 7) is 7.55. The molecule has 2 aromatic heterocycles. The summed E-state index contributed by atoms with van der Waals surface area (Å²) in [5.41, 5.74) is 5.10. The van der Waals surface area contributed by atoms with Gasteiger partial charge in [-0.3, -0.25) is 4.79 Å². The Labute approximate surface area is 174 Å². The minimum absolute atomic E-state index is 0.217. The highest BCUT2D eigenvalue weighted by molar-refractivity contribution is 5.94. The van der Waals surface area contributed by atoms with Crippen molar-refractivity contribution >= 4 is 17.2 Å². The summed E-state index contributed by atoms with van der Waals surface area (Å²) in [4.78, 5) is 12.7. The first-order chi connectivity index (χ1) is 14.4. The second-order valence-electron chi connectivity index (χ2n) is 7.33. The normalized spacial score (nSPS) is 12.0. The number of aryl methyl sites for hydroxylation is 3. The van der Waals surface area contributed by atoms with E-state index < -0.39 is 6.10 Å². The van der Waals surface area contributed by atoms with Gasteiger partial charge in [0.2, 0.25) is 0 Å². The van der Waals surface area contributed by atoms with Gasteiger partial charge >= 0.3 is 0 Å². The molecule has 1 atom stereocenters. The number of ether oxygens (including phenoxy) is 1. The molecule has 7 heteroatoms. The number of hydrogen-bond acceptors (Lipinski definition) is 5. The standard InChI is InChI=1S/C23H23N5O2/c1-14-8-9-15(2)21(12-14)30-16(3)23(29)24-19-7-5-6-18(13-19)20-10-11-22-26-25-17(4)28(22)27-20/h5-13,16H,1-4H3,(H,24,29). The van der Waals surface area contributed by atoms with Gasteiger partial charge in [0, 0.05) is 11.3 Å². The number of carbonyl (C=O) groups is 1. The number of fused-ring (bicyclic) bond motifs is 1. The fourth-order valence-electron chi connectivity index (χ4n) is 3.13. The molecular formula is C23H23N5O2. The summed E-state index contributed by atoms with van der Waals surface area (Å²) in [6, 6.07) is 17.3. The average molecular weight is 401 g/mol. The topological polar surface area (TPSA) is 81.4 Å². The second kappa shape index (κ2) is 7.94. The Balaban J connectivity index is 1.51. The number of anilines is 1. The number of nitrogens with zero attached hydrogens (tertiary/aromatic N) is 4. The van der Waals surface area contributed by atoms with E-state index in [2.05, 4.69) is 20.6 Å². The molecule has 1 amide bonds. The predicted octanol–water partition coefficient (Wildman–Crippen LogP) is 4.12. The van der Waals surface area contributed by atoms with Crippen molar-refractivity contribution in [1.82, 2.24) is 19.8 Å². The van der Waals surface area contributed by atoms with Gasteiger partial charge in [0.1, 0.15) is 5.75 Å². The Morgan fingerprint density at radius 3 is 2.70 bits per heavy atom. The van der Waals surface area contributed by atoms with Gasteiger partial charge < -0.3 is 10.1 Å². The minimum atomic E-state index is -0.636. The quantitative estimate of drug-likeness (QED) is 0.544. The van der Waals surface area contributed by atoms with Crippen molar-refractivity contribution in [2.24, 2.45) is 0 Å². The summed E-state index contributed by atoms with van der Waals surface area (Å²) in [5, 5.41) is 15.6. The van der Waals surface area contributed by atoms with Crippen LogP contribution in [-0.4, -0.2) is 31.8 Å². The molecule has 0 aliphatic carbocycles. The molecule has 4 rings (SSSR count). The van der Waals surface area contributed by atoms with Crippen molar-refractivity contribution in [3.05, 3.63) is 71.5 Å². The summed E-state index contributed by atoms with van der Waals surface area (Å²) in [6.07, 6.45) is -0.636. The van der Waals surface area contributed by atoms with Gasteiger partial charge in [-0.15, -0.1) is 10.2 Å². The Morgan fingerprint density at radius 1 is 1.03 bits per heavy atom. The molecule has 152 valence electrons. The molecule has 1 unspecified atom stereocenters. The van der Waals surface area contributed by atoms with E-state index in [0.717, 1.165) is 22.4 Å². The van der Waals surface area contributed by atoms with Crippen molar-refractivity contribution < 1.29 is 9.53 Å². The summed E-state index contributed by atoms with van der Waals surface area (Å²) in [7, 11) is 0. The van der Waals surface area contributed by atoms with E-state index in [1.807, 2.05) is 75.4 Å². The highest BCUT2D eigenvalue weighted by atomic mass is 16.5. The third-order valence-electron chi connectivity index (χ3n) is 4.86. The minimum Gasteiger partial charge on any atom is -0.481 e. The Morgan fingerprint density at radius 2 is 1.87 bits per heavy atom. The van der Waals surface area contributed by atoms with Crippen molar-refractivity contribution in [2.75, 3.05) is 5.32 Å². The Hall–Kier alpha value is -3.74. The molecule has 0 aliphatic rings. The SMILES string of the molecule is Cc1ccc(C)c(OC(C)C(=O)Nc2cccc(-c3ccc4nnc(C)n4n3)c2)c1. The number of hydrogen-bond donors (Lipinski definition) is 1. The number of amides is 1. The van der Waals surface area contributed by atoms with Crippen LogP contribution in [0, 0.1) is 20.8 Å². The fourth-order valence-corrected chi connectivity index (χ4v) is 3.13. The molecule has 2 aromatic carbocycles. The Kier molecular flexibility index (Phi) is 5.18. The maximum Gasteiger partial charge on any atom is 0.265 e. The fraction of sp³-hybridized carbons (Fsp3) is 0.217. The first kappa shape index (κ1) is 19.6. The molecule has 4 aromatic rings. The maximum atomic E-state index is 12.7. The first-order valence-corrected chi connectivity index (χ1v) is 9.75. The Bertz CT molecular complexity index is 1230. The summed E-state index contributed by atoms with van der Waals surface area (Å²) >= 11 is 0. The molecule has 0 fully saturated rings. The van der Waals surface area contributed by atoms with Crippen LogP contribution in [0.15, 0.2) is 54.6 Å². The van der Waals surface area contributed by atoms with Crippen LogP contribution in [0.5, 0.6) is 5.75 Å². The molecule has 0 radical (unpaired) electrons. The van der Waals surface area contributed by atoms with E-state index in [0.29, 0.717) is 22.9 Å². The average Bonchev–Trinajstić information content (AvgIpc) is 3.11. The lowest BCUT2D eigenvalue weighted by Gasteiger charge is -2.17. The summed E-state index contributed by atoms with van der Waals surface area (Å²) in [5.74, 6) is 1.22. The van der Waals surface area contributed by atoms with E-state index in [1.165, 1.54) is 0 Å². The molecule has 2 heterocycles. The third-order valence-corrected chi connectivity index (χ3v) is 4.86. The van der Waals surface area contributed by atoms with Gasteiger partial charge in [-0.25, -0.2) is 0 Å². The molecule has 0 bridgehead atoms. The largest absolute Gasteiger partial charge is 0.481 e. The van der Waals surface area contributed by atoms with Crippen molar-refractivity contribution in [3.63, 3.8) is 0 Å². The number of benzene rings is 2. The molecule has 1 N–H and O–H groups in total. The maximum absolute atomic E-state index is 12.7. The monoisotopic (exact) mass is 401 g/mol. The van der Waals surface area contributed by atoms with Gasteiger partial charge in [0.25, 0.3) is 5.91 Å². The van der Waals surface area contributed by atoms with Crippen LogP contribution < -0.4 is 10.1 Å². The van der Waals surface area contributed by atoms with Gasteiger partial charge in [0.15, 0.2) is 17.6 Å². The molecule has 30 heavy (non-hydrogen) atoms. The highest BCUT2D eigenvalue weighted by Gasteiger charge is 2.16. The van der Waals surface area contributed by atoms with E-state index in [4.69, 9.17) is 4.74 Å². The van der Waals surface area contributed by atoms with Crippen LogP contribution in [0.4, 0.5) is 5.69 Å². The first-order valence-electron chi connectivity index (χ1n) is 9.75. The van der Waals surface area contributed by atoms with Crippen LogP contribution in [0.1, 0.15) is 23.9 Å². The highest BCUT2D eigenvalue weighted by Crippen LogP contribution is 2.23. The van der Waals surface area contributed by atoms with E-state index in [1.54, 1.807) is 11.4 Å². The zero-order valence-electron chi connectivity index (χ0n) is 17.4. The van der Waals surface area contributed by atoms with Crippen molar-refractivity contribution in [2.45, 2.75) is 33.8 Å². The summed E-state index contributed by atoms with van der Waals surface area (Å²) < 4.78 is 7.58. The van der Waals surface area contributed by atoms with Gasteiger partial charge in [0.05, 0.1) is 5.69 Å². The molecule has 0 saturated heterocycles. The molecular weight excluding hydrogens is 378 g/mol. The lowest BCUT2D eigenvalue weighted by Crippen LogP contribution is -2.30. The molecule has 0 aliphatic heterocycles. The number of carbonyl (C=O) groups excluding carboxylic acids is 1. The second-order valence-corrected chi connectivity index (χ2v) is 7.33. The van der Waals surface area contributed by atoms with Crippen LogP contribution in [0.3, 0.4) is 0 Å². The van der Waals surface area contributed by atoms with Gasteiger partial charge in [-0.05, 0) is 69.2 Å². The molecule has 7 nitrogen and oxygen atoms in total. The zero-order chi connectivity index (χ0) is 21.3. The molecule has 0 saturated carbocycles. The number of nitrogens with one attached hydrogen (secondary N) is 1. The van der Waals surface area contributed by atoms with E-state index in [-0.39, 0.29) is 5.91 Å². The van der Waals surface area contributed by atoms with Crippen LogP contribution in [-0.2, 0) is 4.79 Å². The van der Waals surface area contributed by atoms with Crippen LogP contribution in [0.25, 0.3) is 16.9 Å². The van der Waals surface area contributed by atoms with Crippen LogP contribution in [0.2, 0.25) is 0 Å². The molecule has 0 spiro atoms. The lowest BCUT2D eigenvalue weighted by molar-refractivity contribution is -0.122. The third kappa shape index (κ3) is 4.00. The number of aromatic nitrogens is 4. The van der Waals surface area contributed by atoms with Crippen molar-refractivity contribution in [1.29, 1.82) is 0 Å². The predicted molar refractivity (Wildman–Crippen MR) is 116 cm³/mol. The zero-order valence-corrected chi connectivity index (χ0v) is 17.4. The number of rotatable bonds is 5.